The average molecular weight is 392 g/mol. The number of halogens is 1. The fourth-order valence-corrected chi connectivity index (χ4v) is 3.51. The van der Waals surface area contributed by atoms with Gasteiger partial charge < -0.3 is 9.32 Å². The van der Waals surface area contributed by atoms with E-state index in [-0.39, 0.29) is 27.4 Å². The fourth-order valence-electron chi connectivity index (χ4n) is 2.66. The highest BCUT2D eigenvalue weighted by atomic mass is 35.5. The first-order chi connectivity index (χ1) is 12.2. The van der Waals surface area contributed by atoms with Gasteiger partial charge in [0.2, 0.25) is 0 Å². The molecular formula is C19H18ClNO4S. The number of sulfone groups is 1. The van der Waals surface area contributed by atoms with E-state index in [1.54, 1.807) is 7.05 Å². The molecular weight excluding hydrogens is 374 g/mol. The Bertz CT molecular complexity index is 1050. The van der Waals surface area contributed by atoms with E-state index in [2.05, 4.69) is 0 Å². The van der Waals surface area contributed by atoms with Crippen molar-refractivity contribution in [2.45, 2.75) is 17.9 Å². The van der Waals surface area contributed by atoms with E-state index in [1.165, 1.54) is 23.1 Å². The number of benzene rings is 2. The van der Waals surface area contributed by atoms with Crippen LogP contribution in [0.2, 0.25) is 5.02 Å². The van der Waals surface area contributed by atoms with Crippen LogP contribution in [0.3, 0.4) is 0 Å². The van der Waals surface area contributed by atoms with Crippen molar-refractivity contribution in [2.24, 2.45) is 0 Å². The minimum atomic E-state index is -3.44. The molecule has 0 radical (unpaired) electrons. The molecule has 0 N–H and O–H groups in total. The summed E-state index contributed by atoms with van der Waals surface area (Å²) in [5.41, 5.74) is 0.882. The normalized spacial score (nSPS) is 12.9. The second-order valence-electron chi connectivity index (χ2n) is 6.19. The molecule has 0 saturated heterocycles. The van der Waals surface area contributed by atoms with Crippen molar-refractivity contribution in [1.29, 1.82) is 0 Å². The first kappa shape index (κ1) is 18.5. The lowest BCUT2D eigenvalue weighted by molar-refractivity contribution is 0.0727. The highest BCUT2D eigenvalue weighted by Gasteiger charge is 2.24. The minimum absolute atomic E-state index is 0.0510. The van der Waals surface area contributed by atoms with Crippen LogP contribution in [-0.4, -0.2) is 32.5 Å². The van der Waals surface area contributed by atoms with Crippen molar-refractivity contribution in [3.8, 4) is 0 Å². The molecule has 26 heavy (non-hydrogen) atoms. The average Bonchev–Trinajstić information content (AvgIpc) is 3.03. The van der Waals surface area contributed by atoms with Crippen molar-refractivity contribution in [1.82, 2.24) is 4.90 Å². The summed E-state index contributed by atoms with van der Waals surface area (Å²) >= 11 is 6.13. The van der Waals surface area contributed by atoms with Crippen LogP contribution in [0.1, 0.15) is 29.1 Å². The molecule has 1 atom stereocenters. The van der Waals surface area contributed by atoms with Gasteiger partial charge >= 0.3 is 0 Å². The van der Waals surface area contributed by atoms with Crippen LogP contribution in [0.25, 0.3) is 11.0 Å². The Labute approximate surface area is 157 Å². The molecule has 2 aromatic carbocycles. The SMILES string of the molecule is CC(c1cc2ccccc2o1)N(C)C(=O)c1cc(S(C)(=O)=O)ccc1Cl. The summed E-state index contributed by atoms with van der Waals surface area (Å²) in [6.45, 7) is 1.84. The lowest BCUT2D eigenvalue weighted by Crippen LogP contribution is -2.29. The zero-order valence-electron chi connectivity index (χ0n) is 14.6. The quantitative estimate of drug-likeness (QED) is 0.664. The summed E-state index contributed by atoms with van der Waals surface area (Å²) in [7, 11) is -1.81. The molecule has 136 valence electrons. The van der Waals surface area contributed by atoms with Gasteiger partial charge in [-0.3, -0.25) is 4.79 Å². The van der Waals surface area contributed by atoms with Crippen LogP contribution in [-0.2, 0) is 9.84 Å². The number of carbonyl (C=O) groups excluding carboxylic acids is 1. The van der Waals surface area contributed by atoms with E-state index in [4.69, 9.17) is 16.0 Å². The monoisotopic (exact) mass is 391 g/mol. The van der Waals surface area contributed by atoms with Crippen LogP contribution in [0, 0.1) is 0 Å². The Morgan fingerprint density at radius 2 is 1.85 bits per heavy atom. The van der Waals surface area contributed by atoms with Gasteiger partial charge in [0.05, 0.1) is 21.5 Å². The maximum Gasteiger partial charge on any atom is 0.255 e. The molecule has 0 fully saturated rings. The molecule has 3 rings (SSSR count). The number of furan rings is 1. The lowest BCUT2D eigenvalue weighted by Gasteiger charge is -2.24. The van der Waals surface area contributed by atoms with Crippen LogP contribution >= 0.6 is 11.6 Å². The number of nitrogens with zero attached hydrogens (tertiary/aromatic N) is 1. The number of rotatable bonds is 4. The summed E-state index contributed by atoms with van der Waals surface area (Å²) in [5, 5.41) is 1.15. The maximum atomic E-state index is 12.9. The highest BCUT2D eigenvalue weighted by molar-refractivity contribution is 7.90. The third-order valence-electron chi connectivity index (χ3n) is 4.35. The first-order valence-corrected chi connectivity index (χ1v) is 10.2. The van der Waals surface area contributed by atoms with E-state index in [9.17, 15) is 13.2 Å². The van der Waals surface area contributed by atoms with Gasteiger partial charge in [-0.1, -0.05) is 29.8 Å². The second kappa shape index (κ2) is 6.78. The van der Waals surface area contributed by atoms with E-state index in [0.717, 1.165) is 17.2 Å². The molecule has 0 aliphatic heterocycles. The second-order valence-corrected chi connectivity index (χ2v) is 8.62. The smallest absolute Gasteiger partial charge is 0.255 e. The van der Waals surface area contributed by atoms with E-state index < -0.39 is 9.84 Å². The summed E-state index contributed by atoms with van der Waals surface area (Å²) in [6, 6.07) is 13.2. The summed E-state index contributed by atoms with van der Waals surface area (Å²) < 4.78 is 29.3. The lowest BCUT2D eigenvalue weighted by atomic mass is 10.1. The molecule has 7 heteroatoms. The Balaban J connectivity index is 1.94. The van der Waals surface area contributed by atoms with Gasteiger partial charge in [0.25, 0.3) is 5.91 Å². The first-order valence-electron chi connectivity index (χ1n) is 7.93. The van der Waals surface area contributed by atoms with Gasteiger partial charge in [0.15, 0.2) is 9.84 Å². The molecule has 1 heterocycles. The Morgan fingerprint density at radius 1 is 1.15 bits per heavy atom. The number of hydrogen-bond acceptors (Lipinski definition) is 4. The summed E-state index contributed by atoms with van der Waals surface area (Å²) in [5.74, 6) is 0.255. The summed E-state index contributed by atoms with van der Waals surface area (Å²) in [6.07, 6.45) is 1.09. The Morgan fingerprint density at radius 3 is 2.50 bits per heavy atom. The van der Waals surface area contributed by atoms with Crippen LogP contribution in [0.5, 0.6) is 0 Å². The summed E-state index contributed by atoms with van der Waals surface area (Å²) in [4.78, 5) is 14.4. The molecule has 1 aromatic heterocycles. The van der Waals surface area contributed by atoms with Crippen LogP contribution in [0.4, 0.5) is 0 Å². The molecule has 0 aliphatic rings. The molecule has 0 spiro atoms. The fraction of sp³-hybridized carbons (Fsp3) is 0.211. The van der Waals surface area contributed by atoms with Crippen LogP contribution in [0.15, 0.2) is 57.8 Å². The molecule has 0 saturated carbocycles. The zero-order chi connectivity index (χ0) is 19.1. The molecule has 5 nitrogen and oxygen atoms in total. The molecule has 1 unspecified atom stereocenters. The van der Waals surface area contributed by atoms with E-state index >= 15 is 0 Å². The Hall–Kier alpha value is -2.31. The van der Waals surface area contributed by atoms with Gasteiger partial charge in [-0.05, 0) is 37.3 Å². The van der Waals surface area contributed by atoms with Gasteiger partial charge in [0.1, 0.15) is 11.3 Å². The molecule has 3 aromatic rings. The number of carbonyl (C=O) groups is 1. The maximum absolute atomic E-state index is 12.9. The van der Waals surface area contributed by atoms with Crippen molar-refractivity contribution in [3.63, 3.8) is 0 Å². The van der Waals surface area contributed by atoms with E-state index in [0.29, 0.717) is 5.76 Å². The van der Waals surface area contributed by atoms with Gasteiger partial charge in [-0.2, -0.15) is 0 Å². The van der Waals surface area contributed by atoms with Crippen molar-refractivity contribution in [2.75, 3.05) is 13.3 Å². The standard InChI is InChI=1S/C19H18ClNO4S/c1-12(18-10-13-6-4-5-7-17(13)25-18)21(2)19(22)15-11-14(26(3,23)24)8-9-16(15)20/h4-12H,1-3H3. The van der Waals surface area contributed by atoms with Crippen molar-refractivity contribution in [3.05, 3.63) is 64.9 Å². The highest BCUT2D eigenvalue weighted by Crippen LogP contribution is 2.29. The van der Waals surface area contributed by atoms with Crippen LogP contribution < -0.4 is 0 Å². The van der Waals surface area contributed by atoms with Gasteiger partial charge in [-0.15, -0.1) is 0 Å². The molecule has 0 aliphatic carbocycles. The van der Waals surface area contributed by atoms with Gasteiger partial charge in [0, 0.05) is 18.7 Å². The topological polar surface area (TPSA) is 67.6 Å². The third kappa shape index (κ3) is 3.48. The Kier molecular flexibility index (Phi) is 4.82. The number of fused-ring (bicyclic) bond motifs is 1. The third-order valence-corrected chi connectivity index (χ3v) is 5.79. The number of hydrogen-bond donors (Lipinski definition) is 0. The number of para-hydroxylation sites is 1. The predicted molar refractivity (Wildman–Crippen MR) is 101 cm³/mol. The van der Waals surface area contributed by atoms with Crippen molar-refractivity contribution < 1.29 is 17.6 Å². The van der Waals surface area contributed by atoms with E-state index in [1.807, 2.05) is 37.3 Å². The molecule has 1 amide bonds. The van der Waals surface area contributed by atoms with Crippen molar-refractivity contribution >= 4 is 38.3 Å². The minimum Gasteiger partial charge on any atom is -0.459 e. The largest absolute Gasteiger partial charge is 0.459 e. The molecule has 0 bridgehead atoms. The van der Waals surface area contributed by atoms with Gasteiger partial charge in [-0.25, -0.2) is 8.42 Å². The predicted octanol–water partition coefficient (Wildman–Crippen LogP) is 4.32. The number of amides is 1. The zero-order valence-corrected chi connectivity index (χ0v) is 16.1.